The van der Waals surface area contributed by atoms with Crippen LogP contribution in [0, 0.1) is 5.92 Å². The van der Waals surface area contributed by atoms with Gasteiger partial charge in [0, 0.05) is 12.0 Å². The first-order valence-corrected chi connectivity index (χ1v) is 11.3. The highest BCUT2D eigenvalue weighted by Crippen LogP contribution is 2.56. The summed E-state index contributed by atoms with van der Waals surface area (Å²) < 4.78 is 1.32. The van der Waals surface area contributed by atoms with Crippen LogP contribution in [0.5, 0.6) is 0 Å². The molecule has 168 valence electrons. The quantitative estimate of drug-likeness (QED) is 0.668. The zero-order chi connectivity index (χ0) is 23.1. The third kappa shape index (κ3) is 2.44. The van der Waals surface area contributed by atoms with Crippen LogP contribution in [0.1, 0.15) is 38.3 Å². The van der Waals surface area contributed by atoms with Gasteiger partial charge in [0.2, 0.25) is 5.91 Å². The Morgan fingerprint density at radius 1 is 1.09 bits per heavy atom. The summed E-state index contributed by atoms with van der Waals surface area (Å²) in [4.78, 5) is 48.4. The van der Waals surface area contributed by atoms with Crippen molar-refractivity contribution in [2.24, 2.45) is 5.92 Å². The molecule has 1 N–H and O–H groups in total. The van der Waals surface area contributed by atoms with Gasteiger partial charge in [0.1, 0.15) is 23.9 Å². The van der Waals surface area contributed by atoms with Gasteiger partial charge in [0.25, 0.3) is 11.5 Å². The number of rotatable bonds is 3. The minimum Gasteiger partial charge on any atom is -0.381 e. The Hall–Kier alpha value is -3.52. The molecule has 2 saturated heterocycles. The van der Waals surface area contributed by atoms with E-state index in [0.717, 1.165) is 0 Å². The fourth-order valence-electron chi connectivity index (χ4n) is 5.83. The normalized spacial score (nSPS) is 28.9. The number of anilines is 1. The maximum absolute atomic E-state index is 13.9. The Morgan fingerprint density at radius 2 is 1.82 bits per heavy atom. The second-order valence-corrected chi connectivity index (χ2v) is 9.29. The number of benzene rings is 2. The van der Waals surface area contributed by atoms with Crippen molar-refractivity contribution in [2.45, 2.75) is 50.5 Å². The molecule has 4 heterocycles. The van der Waals surface area contributed by atoms with Crippen molar-refractivity contribution >= 4 is 28.4 Å². The molecule has 3 aliphatic heterocycles. The van der Waals surface area contributed by atoms with E-state index in [0.29, 0.717) is 28.6 Å². The molecule has 0 bridgehead atoms. The van der Waals surface area contributed by atoms with Gasteiger partial charge in [0.05, 0.1) is 22.9 Å². The Kier molecular flexibility index (Phi) is 4.11. The molecule has 0 radical (unpaired) electrons. The number of carbonyl (C=O) groups is 2. The van der Waals surface area contributed by atoms with Crippen molar-refractivity contribution in [3.63, 3.8) is 0 Å². The first-order chi connectivity index (χ1) is 15.9. The lowest BCUT2D eigenvalue weighted by atomic mass is 9.81. The van der Waals surface area contributed by atoms with Gasteiger partial charge >= 0.3 is 0 Å². The zero-order valence-corrected chi connectivity index (χ0v) is 18.4. The van der Waals surface area contributed by atoms with Crippen molar-refractivity contribution in [1.82, 2.24) is 14.5 Å². The van der Waals surface area contributed by atoms with Gasteiger partial charge in [0.15, 0.2) is 0 Å². The van der Waals surface area contributed by atoms with Gasteiger partial charge in [-0.1, -0.05) is 50.6 Å². The number of carbonyl (C=O) groups excluding carboxylic acids is 2. The van der Waals surface area contributed by atoms with Crippen LogP contribution in [0.3, 0.4) is 0 Å². The van der Waals surface area contributed by atoms with E-state index < -0.39 is 23.9 Å². The molecule has 2 fully saturated rings. The highest BCUT2D eigenvalue weighted by molar-refractivity contribution is 6.07. The van der Waals surface area contributed by atoms with E-state index in [1.54, 1.807) is 35.2 Å². The Bertz CT molecular complexity index is 1380. The number of aromatic nitrogens is 2. The molecule has 1 aromatic heterocycles. The highest BCUT2D eigenvalue weighted by Gasteiger charge is 2.67. The third-order valence-corrected chi connectivity index (χ3v) is 7.61. The molecule has 0 unspecified atom stereocenters. The minimum atomic E-state index is -1.49. The first-order valence-electron chi connectivity index (χ1n) is 11.3. The van der Waals surface area contributed by atoms with Gasteiger partial charge in [-0.2, -0.15) is 0 Å². The summed E-state index contributed by atoms with van der Waals surface area (Å²) in [7, 11) is 0. The standard InChI is InChI=1S/C25H24N4O4/c1-3-14(2)20-23(32)28-18-11-7-5-9-16(18)25(33)12-19(22(31)29(20)24(25)28)27-13-26-17-10-6-4-8-15(17)21(27)30/h4-11,13-14,19-20,24,33H,3,12H2,1-2H3/t14-,19+,20+,24+,25+/m0/s1. The molecule has 33 heavy (non-hydrogen) atoms. The number of hydrogen-bond donors (Lipinski definition) is 1. The average Bonchev–Trinajstić information content (AvgIpc) is 3.29. The third-order valence-electron chi connectivity index (χ3n) is 7.61. The zero-order valence-electron chi connectivity index (χ0n) is 18.4. The van der Waals surface area contributed by atoms with E-state index in [4.69, 9.17) is 0 Å². The molecule has 8 heteroatoms. The maximum atomic E-state index is 13.9. The van der Waals surface area contributed by atoms with Crippen molar-refractivity contribution in [3.8, 4) is 0 Å². The SMILES string of the molecule is CC[C@H](C)[C@@H]1C(=O)N2c3ccccc3[C@]3(O)C[C@@H](n4cnc5ccccc5c4=O)C(=O)N1[C@@H]23. The second kappa shape index (κ2) is 6.74. The van der Waals surface area contributed by atoms with Crippen LogP contribution in [-0.4, -0.2) is 43.6 Å². The number of fused-ring (bicyclic) bond motifs is 4. The van der Waals surface area contributed by atoms with Crippen molar-refractivity contribution in [2.75, 3.05) is 4.90 Å². The molecule has 2 aromatic carbocycles. The molecule has 3 aliphatic rings. The molecule has 0 saturated carbocycles. The number of nitrogens with zero attached hydrogens (tertiary/aromatic N) is 4. The van der Waals surface area contributed by atoms with E-state index in [9.17, 15) is 19.5 Å². The molecule has 0 aliphatic carbocycles. The lowest BCUT2D eigenvalue weighted by Gasteiger charge is -2.45. The lowest BCUT2D eigenvalue weighted by molar-refractivity contribution is -0.160. The average molecular weight is 444 g/mol. The molecule has 0 spiro atoms. The summed E-state index contributed by atoms with van der Waals surface area (Å²) in [5.41, 5.74) is -0.0453. The minimum absolute atomic E-state index is 0.0130. The monoisotopic (exact) mass is 444 g/mol. The summed E-state index contributed by atoms with van der Waals surface area (Å²) in [6.07, 6.45) is 1.25. The molecule has 5 atom stereocenters. The number of hydrogen-bond acceptors (Lipinski definition) is 5. The number of piperidine rings is 1. The van der Waals surface area contributed by atoms with E-state index >= 15 is 0 Å². The molecular formula is C25H24N4O4. The smallest absolute Gasteiger partial charge is 0.261 e. The van der Waals surface area contributed by atoms with Crippen LogP contribution in [0.15, 0.2) is 59.7 Å². The van der Waals surface area contributed by atoms with Crippen molar-refractivity contribution in [3.05, 3.63) is 70.8 Å². The van der Waals surface area contributed by atoms with Crippen molar-refractivity contribution < 1.29 is 14.7 Å². The molecule has 6 rings (SSSR count). The van der Waals surface area contributed by atoms with Gasteiger partial charge in [-0.25, -0.2) is 4.98 Å². The Labute approximate surface area is 190 Å². The number of para-hydroxylation sites is 2. The van der Waals surface area contributed by atoms with Crippen LogP contribution >= 0.6 is 0 Å². The van der Waals surface area contributed by atoms with E-state index in [2.05, 4.69) is 4.98 Å². The predicted molar refractivity (Wildman–Crippen MR) is 121 cm³/mol. The Balaban J connectivity index is 1.57. The Morgan fingerprint density at radius 3 is 2.61 bits per heavy atom. The van der Waals surface area contributed by atoms with Crippen LogP contribution in [0.25, 0.3) is 10.9 Å². The van der Waals surface area contributed by atoms with E-state index in [1.165, 1.54) is 15.8 Å². The van der Waals surface area contributed by atoms with E-state index in [1.807, 2.05) is 32.0 Å². The highest BCUT2D eigenvalue weighted by atomic mass is 16.3. The summed E-state index contributed by atoms with van der Waals surface area (Å²) >= 11 is 0. The fraction of sp³-hybridized carbons (Fsp3) is 0.360. The summed E-state index contributed by atoms with van der Waals surface area (Å²) in [5, 5.41) is 12.5. The van der Waals surface area contributed by atoms with Gasteiger partial charge < -0.3 is 10.0 Å². The van der Waals surface area contributed by atoms with Crippen LogP contribution in [0.2, 0.25) is 0 Å². The predicted octanol–water partition coefficient (Wildman–Crippen LogP) is 2.16. The molecule has 8 nitrogen and oxygen atoms in total. The summed E-state index contributed by atoms with van der Waals surface area (Å²) in [5.74, 6) is -0.623. The lowest BCUT2D eigenvalue weighted by Crippen LogP contribution is -2.62. The van der Waals surface area contributed by atoms with Gasteiger partial charge in [-0.15, -0.1) is 0 Å². The van der Waals surface area contributed by atoms with Crippen LogP contribution in [0.4, 0.5) is 5.69 Å². The fourth-order valence-corrected chi connectivity index (χ4v) is 5.83. The number of aliphatic hydroxyl groups is 1. The molecule has 2 amide bonds. The van der Waals surface area contributed by atoms with Gasteiger partial charge in [-0.05, 0) is 24.1 Å². The second-order valence-electron chi connectivity index (χ2n) is 9.29. The van der Waals surface area contributed by atoms with Crippen molar-refractivity contribution in [1.29, 1.82) is 0 Å². The van der Waals surface area contributed by atoms with Crippen LogP contribution in [-0.2, 0) is 15.2 Å². The molecule has 3 aromatic rings. The number of amides is 2. The largest absolute Gasteiger partial charge is 0.381 e. The summed E-state index contributed by atoms with van der Waals surface area (Å²) in [6.45, 7) is 3.92. The maximum Gasteiger partial charge on any atom is 0.261 e. The molecular weight excluding hydrogens is 420 g/mol. The summed E-state index contributed by atoms with van der Waals surface area (Å²) in [6, 6.07) is 12.6. The topological polar surface area (TPSA) is 95.7 Å². The van der Waals surface area contributed by atoms with E-state index in [-0.39, 0.29) is 29.7 Å². The van der Waals surface area contributed by atoms with Crippen LogP contribution < -0.4 is 10.5 Å². The van der Waals surface area contributed by atoms with Gasteiger partial charge in [-0.3, -0.25) is 23.9 Å². The first kappa shape index (κ1) is 20.1.